The molecule has 0 bridgehead atoms. The highest BCUT2D eigenvalue weighted by Gasteiger charge is 2.06. The third-order valence-corrected chi connectivity index (χ3v) is 2.90. The molecule has 6 heteroatoms. The van der Waals surface area contributed by atoms with Crippen molar-refractivity contribution in [2.75, 3.05) is 0 Å². The summed E-state index contributed by atoms with van der Waals surface area (Å²) in [5, 5.41) is 18.7. The molecule has 0 saturated heterocycles. The number of para-hydroxylation sites is 1. The highest BCUT2D eigenvalue weighted by molar-refractivity contribution is 5.73. The van der Waals surface area contributed by atoms with Crippen molar-refractivity contribution in [2.24, 2.45) is 0 Å². The van der Waals surface area contributed by atoms with Gasteiger partial charge in [0.1, 0.15) is 5.52 Å². The van der Waals surface area contributed by atoms with Crippen molar-refractivity contribution in [1.29, 1.82) is 0 Å². The fourth-order valence-corrected chi connectivity index (χ4v) is 1.93. The molecule has 94 valence electrons. The molecule has 0 spiro atoms. The Labute approximate surface area is 108 Å². The van der Waals surface area contributed by atoms with Crippen LogP contribution in [0.2, 0.25) is 0 Å². The van der Waals surface area contributed by atoms with E-state index in [1.807, 2.05) is 24.3 Å². The second-order valence-electron chi connectivity index (χ2n) is 4.16. The minimum atomic E-state index is -0.408. The molecule has 2 aromatic carbocycles. The molecule has 0 N–H and O–H groups in total. The summed E-state index contributed by atoms with van der Waals surface area (Å²) in [6, 6.07) is 14.1. The summed E-state index contributed by atoms with van der Waals surface area (Å²) in [7, 11) is 0. The summed E-state index contributed by atoms with van der Waals surface area (Å²) in [4.78, 5) is 10.2. The maximum absolute atomic E-state index is 10.6. The van der Waals surface area contributed by atoms with E-state index < -0.39 is 4.92 Å². The third kappa shape index (κ3) is 2.15. The summed E-state index contributed by atoms with van der Waals surface area (Å²) >= 11 is 0. The van der Waals surface area contributed by atoms with Gasteiger partial charge in [-0.1, -0.05) is 29.5 Å². The van der Waals surface area contributed by atoms with Crippen LogP contribution in [-0.2, 0) is 6.54 Å². The van der Waals surface area contributed by atoms with Crippen LogP contribution in [0.5, 0.6) is 0 Å². The molecular weight excluding hydrogens is 244 g/mol. The summed E-state index contributed by atoms with van der Waals surface area (Å²) in [6.07, 6.45) is 0. The molecule has 0 unspecified atom stereocenters. The van der Waals surface area contributed by atoms with E-state index in [0.717, 1.165) is 16.6 Å². The van der Waals surface area contributed by atoms with Crippen molar-refractivity contribution >= 4 is 16.7 Å². The lowest BCUT2D eigenvalue weighted by Crippen LogP contribution is -2.01. The summed E-state index contributed by atoms with van der Waals surface area (Å²) < 4.78 is 1.77. The second-order valence-corrected chi connectivity index (χ2v) is 4.16. The Hall–Kier alpha value is -2.76. The van der Waals surface area contributed by atoms with E-state index in [0.29, 0.717) is 6.54 Å². The number of nitro benzene ring substituents is 1. The van der Waals surface area contributed by atoms with Gasteiger partial charge in [0.25, 0.3) is 5.69 Å². The molecule has 0 radical (unpaired) electrons. The Kier molecular flexibility index (Phi) is 2.68. The predicted molar refractivity (Wildman–Crippen MR) is 69.7 cm³/mol. The number of rotatable bonds is 3. The molecule has 0 saturated carbocycles. The quantitative estimate of drug-likeness (QED) is 0.531. The molecule has 0 aliphatic rings. The average molecular weight is 254 g/mol. The maximum atomic E-state index is 10.6. The number of fused-ring (bicyclic) bond motifs is 1. The van der Waals surface area contributed by atoms with Crippen molar-refractivity contribution < 1.29 is 4.92 Å². The first-order valence-corrected chi connectivity index (χ1v) is 5.75. The van der Waals surface area contributed by atoms with E-state index >= 15 is 0 Å². The molecule has 3 rings (SSSR count). The Morgan fingerprint density at radius 1 is 1.11 bits per heavy atom. The highest BCUT2D eigenvalue weighted by atomic mass is 16.6. The zero-order chi connectivity index (χ0) is 13.2. The minimum Gasteiger partial charge on any atom is -0.258 e. The minimum absolute atomic E-state index is 0.0900. The van der Waals surface area contributed by atoms with E-state index in [1.165, 1.54) is 12.1 Å². The largest absolute Gasteiger partial charge is 0.269 e. The van der Waals surface area contributed by atoms with Crippen molar-refractivity contribution in [3.63, 3.8) is 0 Å². The summed E-state index contributed by atoms with van der Waals surface area (Å²) in [6.45, 7) is 0.540. The number of non-ortho nitro benzene ring substituents is 1. The lowest BCUT2D eigenvalue weighted by molar-refractivity contribution is -0.384. The van der Waals surface area contributed by atoms with Gasteiger partial charge in [0.2, 0.25) is 0 Å². The Balaban J connectivity index is 1.90. The molecule has 0 fully saturated rings. The monoisotopic (exact) mass is 254 g/mol. The number of benzene rings is 2. The predicted octanol–water partition coefficient (Wildman–Crippen LogP) is 2.39. The lowest BCUT2D eigenvalue weighted by atomic mass is 10.2. The first-order valence-electron chi connectivity index (χ1n) is 5.75. The van der Waals surface area contributed by atoms with Crippen LogP contribution in [0.3, 0.4) is 0 Å². The molecule has 6 nitrogen and oxygen atoms in total. The van der Waals surface area contributed by atoms with E-state index in [4.69, 9.17) is 0 Å². The highest BCUT2D eigenvalue weighted by Crippen LogP contribution is 2.15. The van der Waals surface area contributed by atoms with Crippen LogP contribution >= 0.6 is 0 Å². The smallest absolute Gasteiger partial charge is 0.258 e. The molecule has 0 atom stereocenters. The van der Waals surface area contributed by atoms with Crippen molar-refractivity contribution in [3.05, 3.63) is 64.2 Å². The number of nitro groups is 1. The van der Waals surface area contributed by atoms with Gasteiger partial charge >= 0.3 is 0 Å². The molecule has 3 aromatic rings. The molecule has 0 amide bonds. The Morgan fingerprint density at radius 2 is 1.84 bits per heavy atom. The van der Waals surface area contributed by atoms with Gasteiger partial charge in [-0.15, -0.1) is 5.10 Å². The average Bonchev–Trinajstić information content (AvgIpc) is 2.83. The SMILES string of the molecule is O=[N+]([O-])c1ccc(Cn2nnc3ccccc32)cc1. The topological polar surface area (TPSA) is 73.8 Å². The van der Waals surface area contributed by atoms with Gasteiger partial charge in [-0.3, -0.25) is 10.1 Å². The molecule has 1 aromatic heterocycles. The standard InChI is InChI=1S/C13H10N4O2/c18-17(19)11-7-5-10(6-8-11)9-16-13-4-2-1-3-12(13)14-15-16/h1-8H,9H2. The van der Waals surface area contributed by atoms with Crippen molar-refractivity contribution in [1.82, 2.24) is 15.0 Å². The fraction of sp³-hybridized carbons (Fsp3) is 0.0769. The Bertz CT molecular complexity index is 734. The fourth-order valence-electron chi connectivity index (χ4n) is 1.93. The molecule has 1 heterocycles. The Morgan fingerprint density at radius 3 is 2.58 bits per heavy atom. The third-order valence-electron chi connectivity index (χ3n) is 2.90. The molecular formula is C13H10N4O2. The van der Waals surface area contributed by atoms with Crippen LogP contribution in [0.25, 0.3) is 11.0 Å². The van der Waals surface area contributed by atoms with Crippen LogP contribution in [0.4, 0.5) is 5.69 Å². The van der Waals surface area contributed by atoms with Crippen molar-refractivity contribution in [3.8, 4) is 0 Å². The summed E-state index contributed by atoms with van der Waals surface area (Å²) in [5.41, 5.74) is 2.82. The van der Waals surface area contributed by atoms with Crippen LogP contribution in [-0.4, -0.2) is 19.9 Å². The first-order chi connectivity index (χ1) is 9.24. The summed E-state index contributed by atoms with van der Waals surface area (Å²) in [5.74, 6) is 0. The van der Waals surface area contributed by atoms with Gasteiger partial charge in [-0.2, -0.15) is 0 Å². The van der Waals surface area contributed by atoms with E-state index in [9.17, 15) is 10.1 Å². The normalized spacial score (nSPS) is 10.7. The van der Waals surface area contributed by atoms with E-state index in [2.05, 4.69) is 10.3 Å². The van der Waals surface area contributed by atoms with Crippen molar-refractivity contribution in [2.45, 2.75) is 6.54 Å². The number of hydrogen-bond acceptors (Lipinski definition) is 4. The van der Waals surface area contributed by atoms with Crippen LogP contribution in [0, 0.1) is 10.1 Å². The zero-order valence-corrected chi connectivity index (χ0v) is 9.93. The van der Waals surface area contributed by atoms with Gasteiger partial charge in [0.05, 0.1) is 17.0 Å². The van der Waals surface area contributed by atoms with E-state index in [-0.39, 0.29) is 5.69 Å². The van der Waals surface area contributed by atoms with Gasteiger partial charge in [-0.25, -0.2) is 4.68 Å². The first kappa shape index (κ1) is 11.3. The number of hydrogen-bond donors (Lipinski definition) is 0. The lowest BCUT2D eigenvalue weighted by Gasteiger charge is -2.02. The van der Waals surface area contributed by atoms with Gasteiger partial charge in [0.15, 0.2) is 0 Å². The molecule has 0 aliphatic heterocycles. The van der Waals surface area contributed by atoms with Crippen LogP contribution < -0.4 is 0 Å². The van der Waals surface area contributed by atoms with Gasteiger partial charge < -0.3 is 0 Å². The number of nitrogens with zero attached hydrogens (tertiary/aromatic N) is 4. The van der Waals surface area contributed by atoms with Crippen LogP contribution in [0.1, 0.15) is 5.56 Å². The number of aromatic nitrogens is 3. The second kappa shape index (κ2) is 4.49. The van der Waals surface area contributed by atoms with Gasteiger partial charge in [0, 0.05) is 12.1 Å². The maximum Gasteiger partial charge on any atom is 0.269 e. The van der Waals surface area contributed by atoms with Gasteiger partial charge in [-0.05, 0) is 17.7 Å². The molecule has 0 aliphatic carbocycles. The van der Waals surface area contributed by atoms with E-state index in [1.54, 1.807) is 16.8 Å². The zero-order valence-electron chi connectivity index (χ0n) is 9.93. The van der Waals surface area contributed by atoms with Crippen LogP contribution in [0.15, 0.2) is 48.5 Å². The molecule has 19 heavy (non-hydrogen) atoms.